The second kappa shape index (κ2) is 8.55. The van der Waals surface area contributed by atoms with Crippen LogP contribution < -0.4 is 4.90 Å². The molecule has 2 aromatic heterocycles. The number of aromatic amines is 1. The number of nitrogens with zero attached hydrogens (tertiary/aromatic N) is 3. The Bertz CT molecular complexity index is 948. The molecular weight excluding hydrogens is 416 g/mol. The molecule has 0 amide bonds. The standard InChI is InChI=1S/C18H17F3N4O.2ClH/c1-26-12-5-7-25(10-12)16-4-6-22-15-3-2-11(8-13(15)16)14-9-23-24-17(14)18(19,20)21;;/h2-4,6,8-9,12H,5,7,10H2,1H3,(H,23,24);2*1H/t12-;;/m1../s1. The van der Waals surface area contributed by atoms with Gasteiger partial charge in [-0.2, -0.15) is 18.3 Å². The van der Waals surface area contributed by atoms with Crippen molar-refractivity contribution >= 4 is 41.4 Å². The number of alkyl halides is 3. The highest BCUT2D eigenvalue weighted by atomic mass is 35.5. The monoisotopic (exact) mass is 434 g/mol. The Morgan fingerprint density at radius 3 is 2.68 bits per heavy atom. The molecule has 0 radical (unpaired) electrons. The molecule has 4 rings (SSSR count). The summed E-state index contributed by atoms with van der Waals surface area (Å²) < 4.78 is 44.9. The highest BCUT2D eigenvalue weighted by Gasteiger charge is 2.36. The number of methoxy groups -OCH3 is 1. The van der Waals surface area contributed by atoms with Crippen molar-refractivity contribution in [2.75, 3.05) is 25.1 Å². The van der Waals surface area contributed by atoms with Crippen LogP contribution in [0.15, 0.2) is 36.7 Å². The first-order chi connectivity index (χ1) is 12.5. The fourth-order valence-corrected chi connectivity index (χ4v) is 3.44. The molecule has 1 saturated heterocycles. The minimum Gasteiger partial charge on any atom is -0.380 e. The van der Waals surface area contributed by atoms with Crippen molar-refractivity contribution in [3.63, 3.8) is 0 Å². The average molecular weight is 435 g/mol. The Morgan fingerprint density at radius 2 is 2.00 bits per heavy atom. The van der Waals surface area contributed by atoms with Crippen LogP contribution in [0.5, 0.6) is 0 Å². The van der Waals surface area contributed by atoms with Gasteiger partial charge in [-0.05, 0) is 30.2 Å². The van der Waals surface area contributed by atoms with Crippen molar-refractivity contribution in [1.82, 2.24) is 15.2 Å². The third-order valence-electron chi connectivity index (χ3n) is 4.76. The number of hydrogen-bond donors (Lipinski definition) is 1. The third kappa shape index (κ3) is 4.04. The van der Waals surface area contributed by atoms with Crippen LogP contribution in [0.2, 0.25) is 0 Å². The zero-order chi connectivity index (χ0) is 18.3. The molecule has 10 heteroatoms. The van der Waals surface area contributed by atoms with E-state index >= 15 is 0 Å². The lowest BCUT2D eigenvalue weighted by atomic mass is 10.0. The summed E-state index contributed by atoms with van der Waals surface area (Å²) in [6, 6.07) is 7.02. The van der Waals surface area contributed by atoms with Crippen LogP contribution >= 0.6 is 24.8 Å². The van der Waals surface area contributed by atoms with Crippen molar-refractivity contribution < 1.29 is 17.9 Å². The van der Waals surface area contributed by atoms with E-state index in [4.69, 9.17) is 4.74 Å². The van der Waals surface area contributed by atoms with E-state index in [0.717, 1.165) is 36.1 Å². The van der Waals surface area contributed by atoms with Gasteiger partial charge in [-0.15, -0.1) is 24.8 Å². The number of pyridine rings is 1. The fraction of sp³-hybridized carbons (Fsp3) is 0.333. The molecule has 5 nitrogen and oxygen atoms in total. The first-order valence-electron chi connectivity index (χ1n) is 8.25. The minimum atomic E-state index is -4.51. The second-order valence-electron chi connectivity index (χ2n) is 6.30. The van der Waals surface area contributed by atoms with Crippen molar-refractivity contribution in [2.45, 2.75) is 18.7 Å². The van der Waals surface area contributed by atoms with E-state index in [1.54, 1.807) is 31.5 Å². The molecule has 3 heterocycles. The number of ether oxygens (including phenoxy) is 1. The van der Waals surface area contributed by atoms with Crippen LogP contribution in [-0.2, 0) is 10.9 Å². The van der Waals surface area contributed by atoms with Gasteiger partial charge in [-0.1, -0.05) is 6.07 Å². The molecule has 1 aliphatic rings. The molecule has 1 atom stereocenters. The van der Waals surface area contributed by atoms with Crippen molar-refractivity contribution in [3.05, 3.63) is 42.4 Å². The first-order valence-corrected chi connectivity index (χ1v) is 8.25. The molecule has 0 spiro atoms. The number of nitrogens with one attached hydrogen (secondary N) is 1. The zero-order valence-electron chi connectivity index (χ0n) is 14.9. The van der Waals surface area contributed by atoms with Gasteiger partial charge in [0, 0.05) is 49.2 Å². The summed E-state index contributed by atoms with van der Waals surface area (Å²) in [5, 5.41) is 6.51. The smallest absolute Gasteiger partial charge is 0.380 e. The summed E-state index contributed by atoms with van der Waals surface area (Å²) in [6.07, 6.45) is -0.442. The number of hydrogen-bond acceptors (Lipinski definition) is 4. The van der Waals surface area contributed by atoms with Crippen molar-refractivity contribution in [1.29, 1.82) is 0 Å². The Morgan fingerprint density at radius 1 is 1.21 bits per heavy atom. The molecule has 0 saturated carbocycles. The van der Waals surface area contributed by atoms with Gasteiger partial charge in [-0.25, -0.2) is 0 Å². The summed E-state index contributed by atoms with van der Waals surface area (Å²) in [6.45, 7) is 1.58. The molecule has 1 N–H and O–H groups in total. The van der Waals surface area contributed by atoms with Crippen LogP contribution in [0.3, 0.4) is 0 Å². The van der Waals surface area contributed by atoms with Gasteiger partial charge < -0.3 is 9.64 Å². The van der Waals surface area contributed by atoms with Crippen LogP contribution in [-0.4, -0.2) is 41.5 Å². The lowest BCUT2D eigenvalue weighted by Crippen LogP contribution is -2.22. The van der Waals surface area contributed by atoms with Gasteiger partial charge in [0.2, 0.25) is 0 Å². The molecule has 0 unspecified atom stereocenters. The highest BCUT2D eigenvalue weighted by molar-refractivity contribution is 5.95. The molecular formula is C18H19Cl2F3N4O. The Balaban J connectivity index is 0.00000140. The number of H-pyrrole nitrogens is 1. The number of fused-ring (bicyclic) bond motifs is 1. The van der Waals surface area contributed by atoms with Crippen LogP contribution in [0.1, 0.15) is 12.1 Å². The Kier molecular flexibility index (Phi) is 6.80. The van der Waals surface area contributed by atoms with Crippen molar-refractivity contribution in [2.24, 2.45) is 0 Å². The quantitative estimate of drug-likeness (QED) is 0.648. The van der Waals surface area contributed by atoms with E-state index in [1.165, 1.54) is 6.20 Å². The highest BCUT2D eigenvalue weighted by Crippen LogP contribution is 2.37. The molecule has 3 aromatic rings. The van der Waals surface area contributed by atoms with Crippen LogP contribution in [0.25, 0.3) is 22.0 Å². The maximum atomic E-state index is 13.2. The first kappa shape index (κ1) is 22.3. The number of aromatic nitrogens is 3. The van der Waals surface area contributed by atoms with Crippen LogP contribution in [0, 0.1) is 0 Å². The van der Waals surface area contributed by atoms with E-state index in [1.807, 2.05) is 6.07 Å². The minimum absolute atomic E-state index is 0. The SMILES string of the molecule is CO[C@@H]1CCN(c2ccnc3ccc(-c4c[nH]nc4C(F)(F)F)cc23)C1.Cl.Cl. The van der Waals surface area contributed by atoms with E-state index in [-0.39, 0.29) is 36.5 Å². The van der Waals surface area contributed by atoms with Crippen molar-refractivity contribution in [3.8, 4) is 11.1 Å². The molecule has 1 aromatic carbocycles. The van der Waals surface area contributed by atoms with Crippen LogP contribution in [0.4, 0.5) is 18.9 Å². The maximum absolute atomic E-state index is 13.2. The van der Waals surface area contributed by atoms with Gasteiger partial charge in [0.1, 0.15) is 0 Å². The van der Waals surface area contributed by atoms with Gasteiger partial charge in [0.05, 0.1) is 11.6 Å². The predicted molar refractivity (Wildman–Crippen MR) is 106 cm³/mol. The zero-order valence-corrected chi connectivity index (χ0v) is 16.5. The average Bonchev–Trinajstić information content (AvgIpc) is 3.29. The lowest BCUT2D eigenvalue weighted by molar-refractivity contribution is -0.140. The molecule has 1 fully saturated rings. The second-order valence-corrected chi connectivity index (χ2v) is 6.30. The maximum Gasteiger partial charge on any atom is 0.435 e. The van der Waals surface area contributed by atoms with Gasteiger partial charge in [0.25, 0.3) is 0 Å². The summed E-state index contributed by atoms with van der Waals surface area (Å²) in [5.41, 5.74) is 1.27. The summed E-state index contributed by atoms with van der Waals surface area (Å²) >= 11 is 0. The largest absolute Gasteiger partial charge is 0.435 e. The summed E-state index contributed by atoms with van der Waals surface area (Å²) in [5.74, 6) is 0. The topological polar surface area (TPSA) is 54.0 Å². The molecule has 0 bridgehead atoms. The van der Waals surface area contributed by atoms with E-state index in [9.17, 15) is 13.2 Å². The van der Waals surface area contributed by atoms with E-state index < -0.39 is 11.9 Å². The molecule has 0 aliphatic carbocycles. The Labute approximate surface area is 172 Å². The normalized spacial score (nSPS) is 16.7. The number of benzene rings is 1. The summed E-state index contributed by atoms with van der Waals surface area (Å²) in [4.78, 5) is 6.53. The van der Waals surface area contributed by atoms with Gasteiger partial charge >= 0.3 is 6.18 Å². The number of rotatable bonds is 3. The molecule has 1 aliphatic heterocycles. The number of halogens is 5. The lowest BCUT2D eigenvalue weighted by Gasteiger charge is -2.20. The molecule has 28 heavy (non-hydrogen) atoms. The van der Waals surface area contributed by atoms with Gasteiger partial charge in [-0.3, -0.25) is 10.1 Å². The van der Waals surface area contributed by atoms with E-state index in [0.29, 0.717) is 5.56 Å². The fourth-order valence-electron chi connectivity index (χ4n) is 3.44. The number of anilines is 1. The van der Waals surface area contributed by atoms with Gasteiger partial charge in [0.15, 0.2) is 5.69 Å². The Hall–Kier alpha value is -2.03. The third-order valence-corrected chi connectivity index (χ3v) is 4.76. The predicted octanol–water partition coefficient (Wildman–Crippen LogP) is 4.71. The van der Waals surface area contributed by atoms with E-state index in [2.05, 4.69) is 20.1 Å². The molecule has 152 valence electrons. The summed E-state index contributed by atoms with van der Waals surface area (Å²) in [7, 11) is 1.69.